The first-order valence-electron chi connectivity index (χ1n) is 9.37. The van der Waals surface area contributed by atoms with Gasteiger partial charge in [-0.15, -0.1) is 0 Å². The predicted molar refractivity (Wildman–Crippen MR) is 102 cm³/mol. The summed E-state index contributed by atoms with van der Waals surface area (Å²) in [6.45, 7) is 5.42. The number of rotatable bonds is 7. The van der Waals surface area contributed by atoms with Crippen LogP contribution in [0.4, 0.5) is 0 Å². The minimum Gasteiger partial charge on any atom is -0.481 e. The maximum atomic E-state index is 12.6. The van der Waals surface area contributed by atoms with E-state index in [1.54, 1.807) is 19.1 Å². The summed E-state index contributed by atoms with van der Waals surface area (Å²) in [6.07, 6.45) is 5.61. The third-order valence-corrected chi connectivity index (χ3v) is 5.96. The van der Waals surface area contributed by atoms with E-state index in [2.05, 4.69) is 10.0 Å². The van der Waals surface area contributed by atoms with Gasteiger partial charge in [0.1, 0.15) is 5.75 Å². The first-order chi connectivity index (χ1) is 12.3. The Bertz CT molecular complexity index is 678. The molecule has 0 bridgehead atoms. The first-order valence-corrected chi connectivity index (χ1v) is 10.9. The third-order valence-electron chi connectivity index (χ3n) is 4.42. The molecule has 1 atom stereocenters. The molecule has 0 radical (unpaired) electrons. The van der Waals surface area contributed by atoms with Crippen LogP contribution in [0.2, 0.25) is 0 Å². The van der Waals surface area contributed by atoms with Crippen LogP contribution in [-0.2, 0) is 14.8 Å². The van der Waals surface area contributed by atoms with Gasteiger partial charge in [-0.1, -0.05) is 25.7 Å². The van der Waals surface area contributed by atoms with E-state index >= 15 is 0 Å². The zero-order valence-corrected chi connectivity index (χ0v) is 16.6. The summed E-state index contributed by atoms with van der Waals surface area (Å²) in [7, 11) is -3.54. The van der Waals surface area contributed by atoms with Crippen LogP contribution in [0.5, 0.6) is 5.75 Å². The quantitative estimate of drug-likeness (QED) is 0.710. The van der Waals surface area contributed by atoms with Crippen LogP contribution in [0, 0.1) is 0 Å². The van der Waals surface area contributed by atoms with E-state index in [0.717, 1.165) is 25.7 Å². The van der Waals surface area contributed by atoms with E-state index in [0.29, 0.717) is 5.75 Å². The second-order valence-corrected chi connectivity index (χ2v) is 8.92. The highest BCUT2D eigenvalue weighted by atomic mass is 32.2. The van der Waals surface area contributed by atoms with Gasteiger partial charge in [-0.05, 0) is 57.9 Å². The van der Waals surface area contributed by atoms with E-state index in [-0.39, 0.29) is 22.9 Å². The van der Waals surface area contributed by atoms with Crippen LogP contribution in [0.25, 0.3) is 0 Å². The van der Waals surface area contributed by atoms with E-state index < -0.39 is 16.1 Å². The molecule has 0 unspecified atom stereocenters. The van der Waals surface area contributed by atoms with Crippen molar-refractivity contribution in [3.05, 3.63) is 24.3 Å². The Morgan fingerprint density at radius 3 is 2.15 bits per heavy atom. The Morgan fingerprint density at radius 2 is 1.62 bits per heavy atom. The van der Waals surface area contributed by atoms with E-state index in [4.69, 9.17) is 4.74 Å². The highest BCUT2D eigenvalue weighted by Crippen LogP contribution is 2.21. The maximum Gasteiger partial charge on any atom is 0.260 e. The SMILES string of the molecule is CC(C)NC(=O)[C@H](C)Oc1ccc(S(=O)(=O)NC2CCCCCC2)cc1. The lowest BCUT2D eigenvalue weighted by molar-refractivity contribution is -0.127. The summed E-state index contributed by atoms with van der Waals surface area (Å²) >= 11 is 0. The minimum atomic E-state index is -3.54. The standard InChI is InChI=1S/C19H30N2O4S/c1-14(2)20-19(22)15(3)25-17-10-12-18(13-11-17)26(23,24)21-16-8-6-4-5-7-9-16/h10-16,21H,4-9H2,1-3H3,(H,20,22)/t15-/m0/s1. The highest BCUT2D eigenvalue weighted by molar-refractivity contribution is 7.89. The largest absolute Gasteiger partial charge is 0.481 e. The molecule has 0 aromatic heterocycles. The lowest BCUT2D eigenvalue weighted by atomic mass is 10.1. The van der Waals surface area contributed by atoms with Crippen LogP contribution < -0.4 is 14.8 Å². The van der Waals surface area contributed by atoms with E-state index in [1.807, 2.05) is 13.8 Å². The molecule has 146 valence electrons. The monoisotopic (exact) mass is 382 g/mol. The van der Waals surface area contributed by atoms with Crippen LogP contribution in [0.3, 0.4) is 0 Å². The molecule has 0 spiro atoms. The molecule has 0 aliphatic heterocycles. The van der Waals surface area contributed by atoms with Crippen molar-refractivity contribution < 1.29 is 17.9 Å². The average molecular weight is 383 g/mol. The van der Waals surface area contributed by atoms with Gasteiger partial charge in [0, 0.05) is 12.1 Å². The summed E-state index contributed by atoms with van der Waals surface area (Å²) in [4.78, 5) is 12.1. The predicted octanol–water partition coefficient (Wildman–Crippen LogP) is 2.98. The Labute approximate surface area is 156 Å². The van der Waals surface area contributed by atoms with Gasteiger partial charge in [-0.3, -0.25) is 4.79 Å². The number of nitrogens with one attached hydrogen (secondary N) is 2. The van der Waals surface area contributed by atoms with Crippen molar-refractivity contribution in [2.24, 2.45) is 0 Å². The highest BCUT2D eigenvalue weighted by Gasteiger charge is 2.21. The van der Waals surface area contributed by atoms with Crippen molar-refractivity contribution in [3.63, 3.8) is 0 Å². The molecule has 1 aliphatic rings. The van der Waals surface area contributed by atoms with Gasteiger partial charge >= 0.3 is 0 Å². The smallest absolute Gasteiger partial charge is 0.260 e. The molecule has 1 fully saturated rings. The van der Waals surface area contributed by atoms with Gasteiger partial charge in [-0.2, -0.15) is 0 Å². The van der Waals surface area contributed by atoms with Crippen molar-refractivity contribution in [1.82, 2.24) is 10.0 Å². The topological polar surface area (TPSA) is 84.5 Å². The lowest BCUT2D eigenvalue weighted by Gasteiger charge is -2.18. The summed E-state index contributed by atoms with van der Waals surface area (Å²) in [6, 6.07) is 6.25. The van der Waals surface area contributed by atoms with Crippen LogP contribution in [0.1, 0.15) is 59.3 Å². The van der Waals surface area contributed by atoms with Crippen molar-refractivity contribution in [2.75, 3.05) is 0 Å². The number of carbonyl (C=O) groups is 1. The Kier molecular flexibility index (Phi) is 7.46. The summed E-state index contributed by atoms with van der Waals surface area (Å²) < 4.78 is 33.5. The molecule has 26 heavy (non-hydrogen) atoms. The normalized spacial score (nSPS) is 17.5. The number of sulfonamides is 1. The summed E-state index contributed by atoms with van der Waals surface area (Å²) in [5.74, 6) is 0.261. The van der Waals surface area contributed by atoms with E-state index in [1.165, 1.54) is 25.0 Å². The fourth-order valence-corrected chi connectivity index (χ4v) is 4.35. The molecular formula is C19H30N2O4S. The lowest BCUT2D eigenvalue weighted by Crippen LogP contribution is -2.40. The Morgan fingerprint density at radius 1 is 1.04 bits per heavy atom. The van der Waals surface area contributed by atoms with Gasteiger partial charge in [0.2, 0.25) is 10.0 Å². The number of hydrogen-bond donors (Lipinski definition) is 2. The zero-order chi connectivity index (χ0) is 19.2. The molecule has 6 nitrogen and oxygen atoms in total. The van der Waals surface area contributed by atoms with Gasteiger partial charge < -0.3 is 10.1 Å². The molecule has 1 saturated carbocycles. The van der Waals surface area contributed by atoms with Gasteiger partial charge in [0.05, 0.1) is 4.90 Å². The maximum absolute atomic E-state index is 12.6. The number of hydrogen-bond acceptors (Lipinski definition) is 4. The van der Waals surface area contributed by atoms with Crippen molar-refractivity contribution in [3.8, 4) is 5.75 Å². The molecule has 0 saturated heterocycles. The number of amides is 1. The molecule has 0 heterocycles. The molecule has 1 aliphatic carbocycles. The molecule has 2 N–H and O–H groups in total. The first kappa shape index (κ1) is 20.7. The van der Waals surface area contributed by atoms with Crippen molar-refractivity contribution in [2.45, 2.75) is 82.4 Å². The van der Waals surface area contributed by atoms with Gasteiger partial charge in [0.25, 0.3) is 5.91 Å². The zero-order valence-electron chi connectivity index (χ0n) is 15.8. The minimum absolute atomic E-state index is 0.0122. The Hall–Kier alpha value is -1.60. The number of benzene rings is 1. The van der Waals surface area contributed by atoms with E-state index in [9.17, 15) is 13.2 Å². The van der Waals surface area contributed by atoms with Crippen molar-refractivity contribution >= 4 is 15.9 Å². The van der Waals surface area contributed by atoms with Gasteiger partial charge in [-0.25, -0.2) is 13.1 Å². The molecule has 1 aromatic rings. The summed E-state index contributed by atoms with van der Waals surface area (Å²) in [5.41, 5.74) is 0. The van der Waals surface area contributed by atoms with Crippen LogP contribution in [0.15, 0.2) is 29.2 Å². The van der Waals surface area contributed by atoms with Crippen LogP contribution in [-0.4, -0.2) is 32.5 Å². The molecular weight excluding hydrogens is 352 g/mol. The number of ether oxygens (including phenoxy) is 1. The van der Waals surface area contributed by atoms with Crippen LogP contribution >= 0.6 is 0 Å². The molecule has 2 rings (SSSR count). The average Bonchev–Trinajstić information content (AvgIpc) is 2.83. The second-order valence-electron chi connectivity index (χ2n) is 7.20. The Balaban J connectivity index is 1.97. The third kappa shape index (κ3) is 6.29. The summed E-state index contributed by atoms with van der Waals surface area (Å²) in [5, 5.41) is 2.78. The fourth-order valence-electron chi connectivity index (χ4n) is 3.04. The molecule has 7 heteroatoms. The molecule has 1 amide bonds. The van der Waals surface area contributed by atoms with Crippen molar-refractivity contribution in [1.29, 1.82) is 0 Å². The van der Waals surface area contributed by atoms with Gasteiger partial charge in [0.15, 0.2) is 6.10 Å². The molecule has 1 aromatic carbocycles. The fraction of sp³-hybridized carbons (Fsp3) is 0.632. The number of carbonyl (C=O) groups excluding carboxylic acids is 1. The second kappa shape index (κ2) is 9.37.